The molecule has 0 atom stereocenters. The zero-order valence-electron chi connectivity index (χ0n) is 62.8. The van der Waals surface area contributed by atoms with E-state index < -0.39 is 12.1 Å². The number of nitrogens with zero attached hydrogens (tertiary/aromatic N) is 7. The summed E-state index contributed by atoms with van der Waals surface area (Å²) in [5.74, 6) is -0.775. The van der Waals surface area contributed by atoms with Crippen LogP contribution in [0.15, 0.2) is 91.0 Å². The second kappa shape index (κ2) is 39.2. The molecule has 23 heteroatoms. The molecule has 0 aromatic heterocycles. The van der Waals surface area contributed by atoms with E-state index in [-0.39, 0.29) is 20.5 Å². The van der Waals surface area contributed by atoms with Crippen LogP contribution < -0.4 is 19.6 Å². The normalized spacial score (nSPS) is 18.1. The number of amides is 3. The predicted molar refractivity (Wildman–Crippen MR) is 439 cm³/mol. The van der Waals surface area contributed by atoms with Gasteiger partial charge in [0.05, 0.1) is 52.9 Å². The Kier molecular flexibility index (Phi) is 30.2. The van der Waals surface area contributed by atoms with Crippen LogP contribution >= 0.6 is 69.6 Å². The van der Waals surface area contributed by atoms with Gasteiger partial charge in [0.25, 0.3) is 0 Å². The Labute approximate surface area is 668 Å². The Morgan fingerprint density at radius 2 is 0.806 bits per heavy atom. The molecule has 9 heterocycles. The van der Waals surface area contributed by atoms with Gasteiger partial charge in [-0.05, 0) is 252 Å². The molecule has 108 heavy (non-hydrogen) atoms. The van der Waals surface area contributed by atoms with Gasteiger partial charge in [0.1, 0.15) is 0 Å². The summed E-state index contributed by atoms with van der Waals surface area (Å²) in [5.41, 5.74) is 18.6. The van der Waals surface area contributed by atoms with Crippen LogP contribution in [0.1, 0.15) is 182 Å². The van der Waals surface area contributed by atoms with Crippen LogP contribution in [0.3, 0.4) is 0 Å². The van der Waals surface area contributed by atoms with Crippen molar-refractivity contribution >= 4 is 131 Å². The third-order valence-electron chi connectivity index (χ3n) is 23.4. The fourth-order valence-electron chi connectivity index (χ4n) is 17.4. The number of halogens is 9. The molecule has 1 N–H and O–H groups in total. The van der Waals surface area contributed by atoms with Gasteiger partial charge >= 0.3 is 12.1 Å². The number of aryl methyl sites for hydroxylation is 8. The van der Waals surface area contributed by atoms with Crippen molar-refractivity contribution in [1.82, 2.24) is 14.7 Å². The number of hydrogen-bond acceptors (Lipinski definition) is 9. The third kappa shape index (κ3) is 21.1. The number of benzene rings is 6. The number of hydrogen-bond donors (Lipinski definition) is 1. The molecule has 0 unspecified atom stereocenters. The standard InChI is InChI=1S/C26H28Cl2N2O2.C26H30Cl2N2O.C25H29Cl2N3O.C6H16Si.C2HF3O2/c27-22-5-1-4-21(25(22)28)17-8-12-29(13-9-17)14-10-23(31)20-15-18-3-2-11-30-24(32)7-6-19(16-20)26(18)30;27-23-7-1-6-22(25(23)28)19-10-14-29(15-11-19)12-2-4-18-16-20-5-3-13-30-24(31)9-8-21(17-18)26(20)30;26-21-6-1-7-22(24(21)27)29-14-12-28(13-15-29)10-2-4-18-16-19-5-3-11-30-23(31)9-8-20(17-18)25(19)30;1-4-7(5-2)6-3;3-2(4,5)1(6)7/h1,4-5,15-17H,2-3,6-14H2;1,6-7,16-17,19H,2-5,8-15H2;1,6-7,16-17H,2-5,8-15H2;7H,4-6H2,1-3H3;(H,6,7). The summed E-state index contributed by atoms with van der Waals surface area (Å²) in [5, 5.41) is 11.1. The summed E-state index contributed by atoms with van der Waals surface area (Å²) in [4.78, 5) is 74.6. The van der Waals surface area contributed by atoms with Gasteiger partial charge in [0.2, 0.25) is 17.7 Å². The van der Waals surface area contributed by atoms with E-state index >= 15 is 0 Å². The minimum absolute atomic E-state index is 0.171. The number of carboxylic acids is 1. The summed E-state index contributed by atoms with van der Waals surface area (Å²) >= 11 is 37.8. The van der Waals surface area contributed by atoms with Crippen LogP contribution in [0, 0.1) is 0 Å². The van der Waals surface area contributed by atoms with E-state index in [1.165, 1.54) is 92.4 Å². The largest absolute Gasteiger partial charge is 0.490 e. The summed E-state index contributed by atoms with van der Waals surface area (Å²) < 4.78 is 31.7. The number of ketones is 1. The lowest BCUT2D eigenvalue weighted by Crippen LogP contribution is -2.46. The van der Waals surface area contributed by atoms with Crippen LogP contribution in [0.2, 0.25) is 48.3 Å². The number of aliphatic carboxylic acids is 1. The minimum atomic E-state index is -5.08. The molecule has 9 aliphatic heterocycles. The molecule has 13 nitrogen and oxygen atoms in total. The number of carbonyl (C=O) groups is 5. The maximum Gasteiger partial charge on any atom is 0.490 e. The fraction of sp³-hybridized carbons (Fsp3) is 0.518. The average molecular weight is 1620 g/mol. The van der Waals surface area contributed by atoms with Crippen LogP contribution in [0.25, 0.3) is 0 Å². The molecular weight excluding hydrogens is 1510 g/mol. The topological polar surface area (TPSA) is 128 Å². The van der Waals surface area contributed by atoms with E-state index in [1.54, 1.807) is 0 Å². The van der Waals surface area contributed by atoms with E-state index in [2.05, 4.69) is 82.8 Å². The Hall–Kier alpha value is -5.70. The van der Waals surface area contributed by atoms with Crippen molar-refractivity contribution in [1.29, 1.82) is 0 Å². The summed E-state index contributed by atoms with van der Waals surface area (Å²) in [6.07, 6.45) is 15.1. The number of alkyl halides is 3. The summed E-state index contributed by atoms with van der Waals surface area (Å²) in [6, 6.07) is 35.8. The van der Waals surface area contributed by atoms with E-state index in [4.69, 9.17) is 79.5 Å². The first-order valence-corrected chi connectivity index (χ1v) is 44.1. The van der Waals surface area contributed by atoms with Gasteiger partial charge in [-0.3, -0.25) is 24.1 Å². The van der Waals surface area contributed by atoms with Crippen molar-refractivity contribution in [3.8, 4) is 0 Å². The molecule has 9 aliphatic rings. The predicted octanol–water partition coefficient (Wildman–Crippen LogP) is 19.6. The molecule has 0 saturated carbocycles. The Morgan fingerprint density at radius 1 is 0.454 bits per heavy atom. The van der Waals surface area contributed by atoms with Crippen molar-refractivity contribution in [2.75, 3.05) is 111 Å². The number of piperazine rings is 1. The maximum absolute atomic E-state index is 13.0. The molecule has 3 saturated heterocycles. The van der Waals surface area contributed by atoms with Gasteiger partial charge in [-0.15, -0.1) is 0 Å². The van der Waals surface area contributed by atoms with Crippen LogP contribution in [-0.2, 0) is 70.5 Å². The quantitative estimate of drug-likeness (QED) is 0.0656. The number of carboxylic acid groups (broad SMARTS) is 1. The molecule has 15 rings (SSSR count). The number of anilines is 4. The average Bonchev–Trinajstić information content (AvgIpc) is 0.776. The maximum atomic E-state index is 13.0. The molecule has 6 aromatic rings. The molecule has 6 aromatic carbocycles. The van der Waals surface area contributed by atoms with Gasteiger partial charge in [0, 0.05) is 92.4 Å². The number of piperidine rings is 2. The minimum Gasteiger partial charge on any atom is -0.475 e. The highest BCUT2D eigenvalue weighted by molar-refractivity contribution is 6.58. The summed E-state index contributed by atoms with van der Waals surface area (Å²) in [7, 11) is -0.171. The SMILES string of the molecule is CC[SiH](CC)CC.O=C(CCN1CCC(c2cccc(Cl)c2Cl)CC1)c1cc2c3c(c1)CCC(=O)N3CCC2.O=C(O)C(F)(F)F.O=C1CCc2cc(CCCN3CCC(c4cccc(Cl)c4Cl)CC3)cc3c2N1CCC3.O=C1CCc2cc(CCCN3CCN(c4cccc(Cl)c4Cl)CC3)cc3c2N1CCC3. The smallest absolute Gasteiger partial charge is 0.475 e. The zero-order valence-corrected chi connectivity index (χ0v) is 68.5. The Bertz CT molecular complexity index is 3940. The second-order valence-electron chi connectivity index (χ2n) is 30.3. The van der Waals surface area contributed by atoms with E-state index in [9.17, 15) is 32.3 Å². The van der Waals surface area contributed by atoms with Crippen LogP contribution in [0.5, 0.6) is 0 Å². The van der Waals surface area contributed by atoms with Crippen molar-refractivity contribution < 1.29 is 42.3 Å². The number of Topliss-reactive ketones (excluding diaryl/α,β-unsaturated/α-hetero) is 1. The number of rotatable bonds is 18. The van der Waals surface area contributed by atoms with Crippen molar-refractivity contribution in [2.45, 2.75) is 192 Å². The molecular formula is C85H104Cl6F3N7O6Si. The molecule has 3 amide bonds. The van der Waals surface area contributed by atoms with Gasteiger partial charge in [-0.1, -0.05) is 163 Å². The van der Waals surface area contributed by atoms with Crippen LogP contribution in [0.4, 0.5) is 35.9 Å². The molecule has 0 bridgehead atoms. The molecule has 0 radical (unpaired) electrons. The van der Waals surface area contributed by atoms with Gasteiger partial charge in [-0.2, -0.15) is 13.2 Å². The van der Waals surface area contributed by atoms with Gasteiger partial charge in [-0.25, -0.2) is 4.79 Å². The fourth-order valence-corrected chi connectivity index (χ4v) is 20.5. The lowest BCUT2D eigenvalue weighted by Gasteiger charge is -2.37. The van der Waals surface area contributed by atoms with Crippen molar-refractivity contribution in [2.24, 2.45) is 0 Å². The van der Waals surface area contributed by atoms with Crippen molar-refractivity contribution in [3.63, 3.8) is 0 Å². The van der Waals surface area contributed by atoms with Gasteiger partial charge in [0.15, 0.2) is 5.78 Å². The van der Waals surface area contributed by atoms with E-state index in [1.807, 2.05) is 63.2 Å². The van der Waals surface area contributed by atoms with E-state index in [0.717, 1.165) is 215 Å². The number of likely N-dealkylation sites (tertiary alicyclic amines) is 2. The lowest BCUT2D eigenvalue weighted by molar-refractivity contribution is -0.192. The Morgan fingerprint density at radius 3 is 1.19 bits per heavy atom. The molecule has 582 valence electrons. The first-order chi connectivity index (χ1) is 52.0. The van der Waals surface area contributed by atoms with E-state index in [0.29, 0.717) is 74.4 Å². The first-order valence-electron chi connectivity index (χ1n) is 39.4. The monoisotopic (exact) mass is 1610 g/mol. The first kappa shape index (κ1) is 83.2. The second-order valence-corrected chi connectivity index (χ2v) is 36.8. The summed E-state index contributed by atoms with van der Waals surface area (Å²) in [6.45, 7) is 20.9. The molecule has 0 aliphatic carbocycles. The van der Waals surface area contributed by atoms with Gasteiger partial charge < -0.3 is 34.5 Å². The van der Waals surface area contributed by atoms with Crippen LogP contribution in [-0.4, -0.2) is 156 Å². The zero-order chi connectivity index (χ0) is 76.8. The third-order valence-corrected chi connectivity index (χ3v) is 29.4. The molecule has 3 fully saturated rings. The highest BCUT2D eigenvalue weighted by atomic mass is 35.5. The number of carbonyl (C=O) groups excluding carboxylic acids is 4. The highest BCUT2D eigenvalue weighted by Crippen LogP contribution is 2.43. The lowest BCUT2D eigenvalue weighted by atomic mass is 9.88. The molecule has 0 spiro atoms. The highest BCUT2D eigenvalue weighted by Gasteiger charge is 2.39. The Balaban J connectivity index is 0.000000148. The van der Waals surface area contributed by atoms with Crippen molar-refractivity contribution in [3.05, 3.63) is 182 Å².